The number of anilines is 1. The van der Waals surface area contributed by atoms with E-state index in [0.717, 1.165) is 24.9 Å². The van der Waals surface area contributed by atoms with Gasteiger partial charge < -0.3 is 15.5 Å². The first kappa shape index (κ1) is 14.8. The number of hydrogen-bond donors (Lipinski definition) is 2. The summed E-state index contributed by atoms with van der Waals surface area (Å²) in [5, 5.41) is 7.43. The molecule has 0 aliphatic carbocycles. The van der Waals surface area contributed by atoms with Gasteiger partial charge in [0.15, 0.2) is 0 Å². The van der Waals surface area contributed by atoms with E-state index >= 15 is 0 Å². The Morgan fingerprint density at radius 1 is 1.33 bits per heavy atom. The Kier molecular flexibility index (Phi) is 5.09. The van der Waals surface area contributed by atoms with Gasteiger partial charge in [-0.2, -0.15) is 0 Å². The lowest BCUT2D eigenvalue weighted by atomic mass is 10.0. The van der Waals surface area contributed by atoms with Crippen molar-refractivity contribution >= 4 is 5.82 Å². The largest absolute Gasteiger partial charge is 0.357 e. The normalized spacial score (nSPS) is 25.2. The molecule has 2 unspecified atom stereocenters. The van der Waals surface area contributed by atoms with Gasteiger partial charge in [-0.15, -0.1) is 0 Å². The summed E-state index contributed by atoms with van der Waals surface area (Å²) in [7, 11) is 0. The summed E-state index contributed by atoms with van der Waals surface area (Å²) in [6, 6.07) is 8.19. The number of pyridine rings is 1. The van der Waals surface area contributed by atoms with Crippen LogP contribution in [0.1, 0.15) is 39.0 Å². The first-order chi connectivity index (χ1) is 10.3. The van der Waals surface area contributed by atoms with Crippen LogP contribution in [0.25, 0.3) is 0 Å². The van der Waals surface area contributed by atoms with Crippen molar-refractivity contribution in [3.05, 3.63) is 24.4 Å². The number of aromatic nitrogens is 1. The molecule has 0 spiro atoms. The summed E-state index contributed by atoms with van der Waals surface area (Å²) < 4.78 is 0. The molecule has 116 valence electrons. The van der Waals surface area contributed by atoms with E-state index in [1.807, 2.05) is 12.3 Å². The molecule has 0 aromatic carbocycles. The molecule has 2 aliphatic rings. The van der Waals surface area contributed by atoms with Gasteiger partial charge in [0.1, 0.15) is 5.82 Å². The van der Waals surface area contributed by atoms with E-state index < -0.39 is 0 Å². The fourth-order valence-corrected chi connectivity index (χ4v) is 3.67. The molecule has 0 amide bonds. The molecular weight excluding hydrogens is 260 g/mol. The molecular formula is C17H28N4. The van der Waals surface area contributed by atoms with Gasteiger partial charge in [0.05, 0.1) is 0 Å². The first-order valence-electron chi connectivity index (χ1n) is 8.46. The van der Waals surface area contributed by atoms with Crippen LogP contribution in [0.2, 0.25) is 0 Å². The van der Waals surface area contributed by atoms with Crippen molar-refractivity contribution in [2.24, 2.45) is 0 Å². The molecule has 21 heavy (non-hydrogen) atoms. The van der Waals surface area contributed by atoms with E-state index in [9.17, 15) is 0 Å². The number of piperidine rings is 1. The second-order valence-corrected chi connectivity index (χ2v) is 6.55. The molecule has 0 radical (unpaired) electrons. The number of hydrogen-bond acceptors (Lipinski definition) is 4. The van der Waals surface area contributed by atoms with E-state index in [4.69, 9.17) is 0 Å². The van der Waals surface area contributed by atoms with Crippen LogP contribution in [-0.2, 0) is 0 Å². The van der Waals surface area contributed by atoms with Gasteiger partial charge in [-0.3, -0.25) is 0 Å². The summed E-state index contributed by atoms with van der Waals surface area (Å²) in [5.41, 5.74) is 0. The highest BCUT2D eigenvalue weighted by Gasteiger charge is 2.23. The Balaban J connectivity index is 1.41. The van der Waals surface area contributed by atoms with Gasteiger partial charge in [-0.05, 0) is 57.7 Å². The zero-order valence-corrected chi connectivity index (χ0v) is 13.1. The molecule has 4 nitrogen and oxygen atoms in total. The van der Waals surface area contributed by atoms with Crippen molar-refractivity contribution < 1.29 is 0 Å². The van der Waals surface area contributed by atoms with Crippen LogP contribution >= 0.6 is 0 Å². The third-order valence-electron chi connectivity index (χ3n) is 4.79. The highest BCUT2D eigenvalue weighted by molar-refractivity contribution is 5.38. The molecule has 1 aromatic rings. The predicted molar refractivity (Wildman–Crippen MR) is 87.7 cm³/mol. The lowest BCUT2D eigenvalue weighted by Crippen LogP contribution is -2.46. The highest BCUT2D eigenvalue weighted by atomic mass is 15.2. The Morgan fingerprint density at radius 3 is 2.86 bits per heavy atom. The highest BCUT2D eigenvalue weighted by Crippen LogP contribution is 2.18. The Labute approximate surface area is 128 Å². The molecule has 3 heterocycles. The third-order valence-corrected chi connectivity index (χ3v) is 4.79. The summed E-state index contributed by atoms with van der Waals surface area (Å²) in [6.45, 7) is 5.77. The third kappa shape index (κ3) is 4.17. The van der Waals surface area contributed by atoms with E-state index in [1.54, 1.807) is 0 Å². The number of nitrogens with one attached hydrogen (secondary N) is 2. The van der Waals surface area contributed by atoms with Gasteiger partial charge in [0.2, 0.25) is 0 Å². The monoisotopic (exact) mass is 288 g/mol. The molecule has 1 aromatic heterocycles. The summed E-state index contributed by atoms with van der Waals surface area (Å²) in [5.74, 6) is 1.12. The van der Waals surface area contributed by atoms with E-state index in [-0.39, 0.29) is 0 Å². The molecule has 2 atom stereocenters. The Bertz CT molecular complexity index is 408. The van der Waals surface area contributed by atoms with Gasteiger partial charge in [0, 0.05) is 37.4 Å². The molecule has 2 N–H and O–H groups in total. The van der Waals surface area contributed by atoms with E-state index in [1.165, 1.54) is 38.6 Å². The zero-order chi connectivity index (χ0) is 14.5. The van der Waals surface area contributed by atoms with Crippen molar-refractivity contribution in [3.8, 4) is 0 Å². The number of nitrogens with zero attached hydrogens (tertiary/aromatic N) is 2. The SMILES string of the molecule is CC(CC1CCCN1)NC1CCN(c2ccccn2)CC1. The molecule has 4 heteroatoms. The molecule has 0 bridgehead atoms. The second kappa shape index (κ2) is 7.23. The number of rotatable bonds is 5. The van der Waals surface area contributed by atoms with Crippen molar-refractivity contribution in [1.29, 1.82) is 0 Å². The van der Waals surface area contributed by atoms with Crippen LogP contribution in [-0.4, -0.2) is 42.7 Å². The molecule has 3 rings (SSSR count). The Hall–Kier alpha value is -1.13. The average molecular weight is 288 g/mol. The van der Waals surface area contributed by atoms with E-state index in [0.29, 0.717) is 12.1 Å². The van der Waals surface area contributed by atoms with Crippen LogP contribution in [0.4, 0.5) is 5.82 Å². The second-order valence-electron chi connectivity index (χ2n) is 6.55. The quantitative estimate of drug-likeness (QED) is 0.871. The van der Waals surface area contributed by atoms with Gasteiger partial charge in [-0.1, -0.05) is 6.07 Å². The van der Waals surface area contributed by atoms with E-state index in [2.05, 4.69) is 39.6 Å². The van der Waals surface area contributed by atoms with Crippen LogP contribution in [0.5, 0.6) is 0 Å². The minimum absolute atomic E-state index is 0.618. The van der Waals surface area contributed by atoms with Crippen molar-refractivity contribution in [2.75, 3.05) is 24.5 Å². The topological polar surface area (TPSA) is 40.2 Å². The standard InChI is InChI=1S/C17H28N4/c1-14(13-16-5-4-10-18-16)20-15-7-11-21(12-8-15)17-6-2-3-9-19-17/h2-3,6,9,14-16,18,20H,4-5,7-8,10-13H2,1H3. The molecule has 0 saturated carbocycles. The van der Waals surface area contributed by atoms with Crippen LogP contribution in [0, 0.1) is 0 Å². The van der Waals surface area contributed by atoms with Crippen molar-refractivity contribution in [2.45, 2.75) is 57.2 Å². The van der Waals surface area contributed by atoms with Crippen LogP contribution < -0.4 is 15.5 Å². The van der Waals surface area contributed by atoms with Crippen molar-refractivity contribution in [3.63, 3.8) is 0 Å². The van der Waals surface area contributed by atoms with Gasteiger partial charge >= 0.3 is 0 Å². The minimum atomic E-state index is 0.618. The fraction of sp³-hybridized carbons (Fsp3) is 0.706. The summed E-state index contributed by atoms with van der Waals surface area (Å²) in [4.78, 5) is 6.86. The maximum Gasteiger partial charge on any atom is 0.128 e. The maximum atomic E-state index is 4.45. The average Bonchev–Trinajstić information content (AvgIpc) is 3.02. The van der Waals surface area contributed by atoms with Gasteiger partial charge in [0.25, 0.3) is 0 Å². The van der Waals surface area contributed by atoms with Gasteiger partial charge in [-0.25, -0.2) is 4.98 Å². The summed E-state index contributed by atoms with van der Waals surface area (Å²) >= 11 is 0. The first-order valence-corrected chi connectivity index (χ1v) is 8.46. The minimum Gasteiger partial charge on any atom is -0.357 e. The fourth-order valence-electron chi connectivity index (χ4n) is 3.67. The lowest BCUT2D eigenvalue weighted by Gasteiger charge is -2.35. The molecule has 2 fully saturated rings. The van der Waals surface area contributed by atoms with Crippen LogP contribution in [0.3, 0.4) is 0 Å². The smallest absolute Gasteiger partial charge is 0.128 e. The molecule has 2 saturated heterocycles. The predicted octanol–water partition coefficient (Wildman–Crippen LogP) is 2.17. The Morgan fingerprint density at radius 2 is 2.19 bits per heavy atom. The van der Waals surface area contributed by atoms with Crippen LogP contribution in [0.15, 0.2) is 24.4 Å². The molecule has 2 aliphatic heterocycles. The lowest BCUT2D eigenvalue weighted by molar-refractivity contribution is 0.347. The maximum absolute atomic E-state index is 4.45. The summed E-state index contributed by atoms with van der Waals surface area (Å²) in [6.07, 6.45) is 8.29. The van der Waals surface area contributed by atoms with Crippen molar-refractivity contribution in [1.82, 2.24) is 15.6 Å². The zero-order valence-electron chi connectivity index (χ0n) is 13.1.